The maximum absolute atomic E-state index is 10.2. The molecule has 33 heavy (non-hydrogen) atoms. The maximum Gasteiger partial charge on any atom is 0.0453 e. The van der Waals surface area contributed by atoms with Gasteiger partial charge in [0, 0.05) is 7.26 Å². The van der Waals surface area contributed by atoms with E-state index >= 15 is 0 Å². The van der Waals surface area contributed by atoms with E-state index in [1.54, 1.807) is 0 Å². The zero-order chi connectivity index (χ0) is 22.7. The van der Waals surface area contributed by atoms with E-state index in [4.69, 9.17) is 0 Å². The van der Waals surface area contributed by atoms with E-state index < -0.39 is 5.89 Å². The smallest absolute Gasteiger partial charge is 0.0453 e. The average Bonchev–Trinajstić information content (AvgIpc) is 3.19. The molecule has 0 saturated carbocycles. The van der Waals surface area contributed by atoms with E-state index in [1.165, 1.54) is 5.56 Å². The molecule has 0 saturated heterocycles. The Balaban J connectivity index is 1.59. The van der Waals surface area contributed by atoms with Crippen LogP contribution in [-0.2, 0) is 0 Å². The first-order valence-corrected chi connectivity index (χ1v) is 11.4. The van der Waals surface area contributed by atoms with Crippen LogP contribution in [0.25, 0.3) is 41.0 Å². The highest BCUT2D eigenvalue weighted by molar-refractivity contribution is 6.11. The molecular weight excluding hydrogens is 396 g/mol. The van der Waals surface area contributed by atoms with E-state index in [2.05, 4.69) is 127 Å². The molecular formula is C33H22. The highest BCUT2D eigenvalue weighted by atomic mass is 14.3. The molecule has 8 bridgehead atoms. The molecule has 0 heteroatoms. The van der Waals surface area contributed by atoms with Gasteiger partial charge in [0.05, 0.1) is 0 Å². The predicted molar refractivity (Wildman–Crippen MR) is 141 cm³/mol. The largest absolute Gasteiger partial charge is 0.0575 e. The molecule has 13 rings (SSSR count). The Bertz CT molecular complexity index is 1540. The monoisotopic (exact) mass is 419 g/mol. The van der Waals surface area contributed by atoms with Gasteiger partial charge >= 0.3 is 0 Å². The minimum atomic E-state index is -1.03. The van der Waals surface area contributed by atoms with E-state index in [0.29, 0.717) is 0 Å². The summed E-state index contributed by atoms with van der Waals surface area (Å²) in [5, 5.41) is 0. The predicted octanol–water partition coefficient (Wildman–Crippen LogP) is 8.45. The minimum absolute atomic E-state index is 0.984. The molecule has 0 spiro atoms. The van der Waals surface area contributed by atoms with Crippen LogP contribution >= 0.6 is 0 Å². The number of hydrogen-bond acceptors (Lipinski definition) is 0. The summed E-state index contributed by atoms with van der Waals surface area (Å²) in [6, 6.07) is 34.5. The molecule has 9 aliphatic rings. The minimum Gasteiger partial charge on any atom is -0.0575 e. The summed E-state index contributed by atoms with van der Waals surface area (Å²) in [6.07, 6.45) is 10.8. The van der Waals surface area contributed by atoms with Gasteiger partial charge in [-0.2, -0.15) is 0 Å². The summed E-state index contributed by atoms with van der Waals surface area (Å²) in [6.45, 7) is 0. The van der Waals surface area contributed by atoms with Crippen molar-refractivity contribution in [3.63, 3.8) is 0 Å². The number of hydrogen-bond donors (Lipinski definition) is 0. The second-order valence-corrected chi connectivity index (χ2v) is 8.88. The topological polar surface area (TPSA) is 0 Å². The Kier molecular flexibility index (Phi) is 3.79. The fourth-order valence-corrected chi connectivity index (χ4v) is 5.07. The first-order chi connectivity index (χ1) is 16.7. The van der Waals surface area contributed by atoms with Crippen LogP contribution in [0.4, 0.5) is 0 Å². The Labute approximate surface area is 196 Å². The maximum atomic E-state index is 10.2. The Morgan fingerprint density at radius 3 is 1.39 bits per heavy atom. The van der Waals surface area contributed by atoms with Crippen molar-refractivity contribution >= 4 is 41.0 Å². The van der Waals surface area contributed by atoms with Gasteiger partial charge in [-0.3, -0.25) is 0 Å². The van der Waals surface area contributed by atoms with Gasteiger partial charge in [-0.05, 0) is 67.3 Å². The molecule has 0 heterocycles. The second kappa shape index (κ2) is 7.18. The molecule has 0 radical (unpaired) electrons. The van der Waals surface area contributed by atoms with Crippen LogP contribution < -0.4 is 0 Å². The van der Waals surface area contributed by atoms with Crippen LogP contribution in [0, 0.1) is 0 Å². The average molecular weight is 420 g/mol. The van der Waals surface area contributed by atoms with Crippen molar-refractivity contribution in [2.45, 2.75) is 5.89 Å². The van der Waals surface area contributed by atoms with E-state index in [-0.39, 0.29) is 0 Å². The fourth-order valence-electron chi connectivity index (χ4n) is 5.07. The molecule has 154 valence electrons. The Hall–Kier alpha value is -4.16. The van der Waals surface area contributed by atoms with Gasteiger partial charge in [0.2, 0.25) is 0 Å². The van der Waals surface area contributed by atoms with Crippen molar-refractivity contribution in [2.75, 3.05) is 0 Å². The van der Waals surface area contributed by atoms with Crippen LogP contribution in [0.15, 0.2) is 103 Å². The first-order valence-electron chi connectivity index (χ1n) is 11.9. The van der Waals surface area contributed by atoms with Gasteiger partial charge in [-0.25, -0.2) is 0 Å². The fraction of sp³-hybridized carbons (Fsp3) is 0.0303. The highest BCUT2D eigenvalue weighted by Gasteiger charge is 2.32. The summed E-state index contributed by atoms with van der Waals surface area (Å²) in [7, 11) is 0. The molecule has 0 aromatic heterocycles. The van der Waals surface area contributed by atoms with Crippen LogP contribution in [0.2, 0.25) is 0 Å². The zero-order valence-electron chi connectivity index (χ0n) is 19.1. The quantitative estimate of drug-likeness (QED) is 0.268. The third kappa shape index (κ3) is 3.07. The second-order valence-electron chi connectivity index (χ2n) is 8.88. The van der Waals surface area contributed by atoms with Crippen molar-refractivity contribution in [2.24, 2.45) is 0 Å². The molecule has 9 aliphatic carbocycles. The normalized spacial score (nSPS) is 21.8. The molecule has 0 nitrogen and oxygen atoms in total. The summed E-state index contributed by atoms with van der Waals surface area (Å²) in [5.41, 5.74) is 12.1. The molecule has 0 N–H and O–H groups in total. The van der Waals surface area contributed by atoms with Crippen molar-refractivity contribution in [1.29, 1.82) is 0 Å². The molecule has 4 aromatic rings. The van der Waals surface area contributed by atoms with Gasteiger partial charge in [0.25, 0.3) is 0 Å². The van der Waals surface area contributed by atoms with E-state index in [0.717, 1.165) is 55.7 Å². The summed E-state index contributed by atoms with van der Waals surface area (Å²) in [5.74, 6) is -1.03. The van der Waals surface area contributed by atoms with Gasteiger partial charge in [-0.1, -0.05) is 121 Å². The number of rotatable bonds is 0. The van der Waals surface area contributed by atoms with Crippen LogP contribution in [-0.4, -0.2) is 0 Å². The standard InChI is InChI=1S/C33H22/c1-3-24-9-17-28(18-10-24)32-30(26-13-5-22(1)6-14-26)21-31-27-15-7-23(8-16-27)2-4-25-11-19-29(20-12-25)33(31)32/h1-21,32H/b3-1-,4-2-,23-2?,25-4?,31-27?,33-29?/i32D. The Morgan fingerprint density at radius 2 is 0.879 bits per heavy atom. The van der Waals surface area contributed by atoms with Crippen molar-refractivity contribution in [3.05, 3.63) is 148 Å². The molecule has 1 atom stereocenters. The molecule has 0 aliphatic heterocycles. The van der Waals surface area contributed by atoms with Gasteiger partial charge in [0.15, 0.2) is 0 Å². The number of benzene rings is 4. The van der Waals surface area contributed by atoms with Crippen molar-refractivity contribution < 1.29 is 1.37 Å². The third-order valence-corrected chi connectivity index (χ3v) is 6.86. The van der Waals surface area contributed by atoms with Crippen LogP contribution in [0.1, 0.15) is 51.8 Å². The van der Waals surface area contributed by atoms with Crippen LogP contribution in [0.5, 0.6) is 0 Å². The lowest BCUT2D eigenvalue weighted by molar-refractivity contribution is 1.14. The first kappa shape index (κ1) is 17.4. The molecule has 4 aromatic carbocycles. The van der Waals surface area contributed by atoms with Gasteiger partial charge in [0.1, 0.15) is 0 Å². The highest BCUT2D eigenvalue weighted by Crippen LogP contribution is 2.52. The zero-order valence-corrected chi connectivity index (χ0v) is 18.1. The summed E-state index contributed by atoms with van der Waals surface area (Å²) in [4.78, 5) is 0. The molecule has 0 fully saturated rings. The lowest BCUT2D eigenvalue weighted by atomic mass is 9.80. The third-order valence-electron chi connectivity index (χ3n) is 6.86. The van der Waals surface area contributed by atoms with E-state index in [9.17, 15) is 1.37 Å². The molecule has 1 unspecified atom stereocenters. The van der Waals surface area contributed by atoms with Crippen molar-refractivity contribution in [1.82, 2.24) is 0 Å². The summed E-state index contributed by atoms with van der Waals surface area (Å²) >= 11 is 0. The van der Waals surface area contributed by atoms with Gasteiger partial charge in [-0.15, -0.1) is 0 Å². The number of allylic oxidation sites excluding steroid dienone is 4. The molecule has 0 amide bonds. The lowest BCUT2D eigenvalue weighted by Gasteiger charge is -2.23. The SMILES string of the molecule is [2H]C12C(=CC3=C1c1ccc(cc1)/C=C\c1ccc3cc1)c1ccc(cc1)/C=C\c1ccc2cc1. The summed E-state index contributed by atoms with van der Waals surface area (Å²) < 4.78 is 10.2. The Morgan fingerprint density at radius 1 is 0.455 bits per heavy atom. The van der Waals surface area contributed by atoms with E-state index in [1.807, 2.05) is 0 Å². The van der Waals surface area contributed by atoms with Crippen molar-refractivity contribution in [3.8, 4) is 0 Å². The van der Waals surface area contributed by atoms with Crippen LogP contribution in [0.3, 0.4) is 0 Å². The lowest BCUT2D eigenvalue weighted by Crippen LogP contribution is -2.03. The van der Waals surface area contributed by atoms with Gasteiger partial charge < -0.3 is 0 Å².